The Kier molecular flexibility index (Phi) is 3.10. The number of aromatic nitrogens is 1. The zero-order valence-electron chi connectivity index (χ0n) is 9.41. The van der Waals surface area contributed by atoms with Gasteiger partial charge in [0.2, 0.25) is 5.76 Å². The van der Waals surface area contributed by atoms with Gasteiger partial charge in [0.05, 0.1) is 5.56 Å². The van der Waals surface area contributed by atoms with Gasteiger partial charge >= 0.3 is 5.97 Å². The molecule has 0 spiro atoms. The molecule has 2 rings (SSSR count). The average Bonchev–Trinajstić information content (AvgIpc) is 2.79. The van der Waals surface area contributed by atoms with E-state index in [0.29, 0.717) is 12.0 Å². The van der Waals surface area contributed by atoms with Crippen molar-refractivity contribution in [2.45, 2.75) is 13.3 Å². The summed E-state index contributed by atoms with van der Waals surface area (Å²) in [5.41, 5.74) is -0.213. The van der Waals surface area contributed by atoms with Gasteiger partial charge in [0.15, 0.2) is 0 Å². The van der Waals surface area contributed by atoms with Gasteiger partial charge in [-0.3, -0.25) is 0 Å². The first-order valence-electron chi connectivity index (χ1n) is 5.21. The number of carboxylic acid groups (broad SMARTS) is 1. The number of nitrogens with zero attached hydrogens (tertiary/aromatic N) is 1. The van der Waals surface area contributed by atoms with Crippen LogP contribution in [0.25, 0.3) is 11.3 Å². The third-order valence-corrected chi connectivity index (χ3v) is 2.53. The summed E-state index contributed by atoms with van der Waals surface area (Å²) in [6.07, 6.45) is 0.392. The molecule has 1 N–H and O–H groups in total. The highest BCUT2D eigenvalue weighted by molar-refractivity contribution is 5.85. The van der Waals surface area contributed by atoms with Gasteiger partial charge in [-0.25, -0.2) is 13.6 Å². The molecule has 1 aromatic carbocycles. The first-order chi connectivity index (χ1) is 8.54. The number of aryl methyl sites for hydroxylation is 1. The van der Waals surface area contributed by atoms with Crippen LogP contribution in [0, 0.1) is 11.6 Å². The SMILES string of the molecule is CCc1ccc(F)c(-c2cc(C(=O)O)on2)c1F. The van der Waals surface area contributed by atoms with Gasteiger partial charge in [0.1, 0.15) is 17.3 Å². The van der Waals surface area contributed by atoms with E-state index < -0.39 is 23.4 Å². The molecule has 6 heteroatoms. The minimum absolute atomic E-state index is 0.169. The second-order valence-corrected chi connectivity index (χ2v) is 3.63. The third kappa shape index (κ3) is 1.97. The molecule has 0 radical (unpaired) electrons. The van der Waals surface area contributed by atoms with Crippen LogP contribution in [0.1, 0.15) is 23.0 Å². The number of carbonyl (C=O) groups is 1. The molecule has 1 aromatic heterocycles. The maximum atomic E-state index is 14.0. The van der Waals surface area contributed by atoms with E-state index in [0.717, 1.165) is 12.1 Å². The lowest BCUT2D eigenvalue weighted by Crippen LogP contribution is -1.96. The number of aromatic carboxylic acids is 1. The van der Waals surface area contributed by atoms with Crippen molar-refractivity contribution in [1.29, 1.82) is 0 Å². The Bertz CT molecular complexity index is 607. The highest BCUT2D eigenvalue weighted by Crippen LogP contribution is 2.28. The number of hydrogen-bond acceptors (Lipinski definition) is 3. The topological polar surface area (TPSA) is 63.3 Å². The van der Waals surface area contributed by atoms with E-state index in [-0.39, 0.29) is 11.3 Å². The smallest absolute Gasteiger partial charge is 0.374 e. The summed E-state index contributed by atoms with van der Waals surface area (Å²) in [5, 5.41) is 12.0. The Morgan fingerprint density at radius 2 is 2.17 bits per heavy atom. The van der Waals surface area contributed by atoms with E-state index in [1.54, 1.807) is 6.92 Å². The molecule has 0 unspecified atom stereocenters. The minimum atomic E-state index is -1.35. The van der Waals surface area contributed by atoms with Crippen molar-refractivity contribution in [3.05, 3.63) is 41.2 Å². The summed E-state index contributed by atoms with van der Waals surface area (Å²) < 4.78 is 32.0. The van der Waals surface area contributed by atoms with Crippen LogP contribution in [0.5, 0.6) is 0 Å². The number of hydrogen-bond donors (Lipinski definition) is 1. The molecule has 0 amide bonds. The average molecular weight is 253 g/mol. The summed E-state index contributed by atoms with van der Waals surface area (Å²) >= 11 is 0. The summed E-state index contributed by atoms with van der Waals surface area (Å²) in [7, 11) is 0. The Morgan fingerprint density at radius 1 is 1.44 bits per heavy atom. The van der Waals surface area contributed by atoms with Crippen molar-refractivity contribution in [1.82, 2.24) is 5.16 Å². The van der Waals surface area contributed by atoms with Crippen LogP contribution in [0.15, 0.2) is 22.7 Å². The molecular formula is C12H9F2NO3. The predicted molar refractivity (Wildman–Crippen MR) is 58.2 cm³/mol. The number of halogens is 2. The molecular weight excluding hydrogens is 244 g/mol. The molecule has 0 aliphatic heterocycles. The Balaban J connectivity index is 2.58. The molecule has 0 atom stereocenters. The van der Waals surface area contributed by atoms with E-state index in [1.165, 1.54) is 6.07 Å². The summed E-state index contributed by atoms with van der Waals surface area (Å²) in [5.74, 6) is -3.37. The zero-order chi connectivity index (χ0) is 13.3. The van der Waals surface area contributed by atoms with Crippen LogP contribution in [0.2, 0.25) is 0 Å². The normalized spacial score (nSPS) is 10.6. The van der Waals surface area contributed by atoms with Crippen molar-refractivity contribution >= 4 is 5.97 Å². The van der Waals surface area contributed by atoms with Crippen molar-refractivity contribution in [2.24, 2.45) is 0 Å². The number of rotatable bonds is 3. The van der Waals surface area contributed by atoms with Gasteiger partial charge in [0.25, 0.3) is 0 Å². The summed E-state index contributed by atoms with van der Waals surface area (Å²) in [4.78, 5) is 10.6. The fraction of sp³-hybridized carbons (Fsp3) is 0.167. The lowest BCUT2D eigenvalue weighted by Gasteiger charge is -2.05. The van der Waals surface area contributed by atoms with Gasteiger partial charge in [0, 0.05) is 6.07 Å². The molecule has 94 valence electrons. The first kappa shape index (κ1) is 12.2. The summed E-state index contributed by atoms with van der Waals surface area (Å²) in [6.45, 7) is 1.73. The quantitative estimate of drug-likeness (QED) is 0.913. The van der Waals surface area contributed by atoms with E-state index in [2.05, 4.69) is 9.68 Å². The van der Waals surface area contributed by atoms with E-state index >= 15 is 0 Å². The maximum absolute atomic E-state index is 14.0. The second kappa shape index (κ2) is 4.56. The monoisotopic (exact) mass is 253 g/mol. The zero-order valence-corrected chi connectivity index (χ0v) is 9.41. The molecule has 4 nitrogen and oxygen atoms in total. The van der Waals surface area contributed by atoms with E-state index in [4.69, 9.17) is 5.11 Å². The Labute approximate surface area is 101 Å². The molecule has 0 saturated heterocycles. The van der Waals surface area contributed by atoms with Crippen LogP contribution >= 0.6 is 0 Å². The van der Waals surface area contributed by atoms with Crippen LogP contribution in [0.4, 0.5) is 8.78 Å². The van der Waals surface area contributed by atoms with Crippen molar-refractivity contribution in [3.63, 3.8) is 0 Å². The fourth-order valence-electron chi connectivity index (χ4n) is 1.60. The van der Waals surface area contributed by atoms with Crippen LogP contribution in [0.3, 0.4) is 0 Å². The van der Waals surface area contributed by atoms with Crippen LogP contribution in [-0.2, 0) is 6.42 Å². The molecule has 2 aromatic rings. The number of benzene rings is 1. The lowest BCUT2D eigenvalue weighted by atomic mass is 10.0. The molecule has 0 aliphatic carbocycles. The first-order valence-corrected chi connectivity index (χ1v) is 5.21. The van der Waals surface area contributed by atoms with E-state index in [1.807, 2.05) is 0 Å². The molecule has 18 heavy (non-hydrogen) atoms. The third-order valence-electron chi connectivity index (χ3n) is 2.53. The van der Waals surface area contributed by atoms with E-state index in [9.17, 15) is 13.6 Å². The van der Waals surface area contributed by atoms with Gasteiger partial charge < -0.3 is 9.63 Å². The van der Waals surface area contributed by atoms with Crippen LogP contribution in [-0.4, -0.2) is 16.2 Å². The summed E-state index contributed by atoms with van der Waals surface area (Å²) in [6, 6.07) is 3.45. The predicted octanol–water partition coefficient (Wildman–Crippen LogP) is 2.88. The largest absolute Gasteiger partial charge is 0.475 e. The van der Waals surface area contributed by atoms with Crippen LogP contribution < -0.4 is 0 Å². The number of carboxylic acids is 1. The highest BCUT2D eigenvalue weighted by Gasteiger charge is 2.20. The van der Waals surface area contributed by atoms with Crippen molar-refractivity contribution < 1.29 is 23.2 Å². The molecule has 1 heterocycles. The molecule has 0 aliphatic rings. The van der Waals surface area contributed by atoms with Gasteiger partial charge in [-0.15, -0.1) is 0 Å². The van der Waals surface area contributed by atoms with Gasteiger partial charge in [-0.1, -0.05) is 18.1 Å². The standard InChI is InChI=1S/C12H9F2NO3/c1-2-6-3-4-7(13)10(11(6)14)8-5-9(12(16)17)18-15-8/h3-5H,2H2,1H3,(H,16,17). The van der Waals surface area contributed by atoms with Crippen molar-refractivity contribution in [2.75, 3.05) is 0 Å². The maximum Gasteiger partial charge on any atom is 0.374 e. The molecule has 0 saturated carbocycles. The molecule has 0 bridgehead atoms. The van der Waals surface area contributed by atoms with Gasteiger partial charge in [-0.2, -0.15) is 0 Å². The Morgan fingerprint density at radius 3 is 2.72 bits per heavy atom. The highest BCUT2D eigenvalue weighted by atomic mass is 19.1. The molecule has 0 fully saturated rings. The Hall–Kier alpha value is -2.24. The van der Waals surface area contributed by atoms with Gasteiger partial charge in [-0.05, 0) is 18.1 Å². The second-order valence-electron chi connectivity index (χ2n) is 3.63. The fourth-order valence-corrected chi connectivity index (χ4v) is 1.60. The van der Waals surface area contributed by atoms with Crippen molar-refractivity contribution in [3.8, 4) is 11.3 Å². The lowest BCUT2D eigenvalue weighted by molar-refractivity contribution is 0.0652. The minimum Gasteiger partial charge on any atom is -0.475 e.